The number of urea groups is 1. The molecule has 0 aliphatic carbocycles. The number of hydrogen-bond acceptors (Lipinski definition) is 1. The summed E-state index contributed by atoms with van der Waals surface area (Å²) in [5.74, 6) is 0. The minimum Gasteiger partial charge on any atom is -0.352 e. The van der Waals surface area contributed by atoms with Crippen LogP contribution in [0.1, 0.15) is 24.5 Å². The highest BCUT2D eigenvalue weighted by atomic mass is 16.2. The number of benzene rings is 2. The van der Waals surface area contributed by atoms with E-state index in [4.69, 9.17) is 5.73 Å². The van der Waals surface area contributed by atoms with Gasteiger partial charge in [0, 0.05) is 6.54 Å². The lowest BCUT2D eigenvalue weighted by Crippen LogP contribution is -2.28. The Morgan fingerprint density at radius 1 is 0.950 bits per heavy atom. The maximum atomic E-state index is 10.7. The first-order valence-corrected chi connectivity index (χ1v) is 6.90. The molecule has 0 aromatic heterocycles. The maximum absolute atomic E-state index is 10.7. The molecule has 0 saturated heterocycles. The molecule has 2 rings (SSSR count). The van der Waals surface area contributed by atoms with Gasteiger partial charge in [-0.25, -0.2) is 4.79 Å². The third-order valence-corrected chi connectivity index (χ3v) is 3.25. The number of nitrogens with two attached hydrogens (primary N) is 1. The summed E-state index contributed by atoms with van der Waals surface area (Å²) in [4.78, 5) is 10.7. The smallest absolute Gasteiger partial charge is 0.312 e. The molecule has 0 unspecified atom stereocenters. The van der Waals surface area contributed by atoms with E-state index in [1.807, 2.05) is 12.1 Å². The molecule has 0 spiro atoms. The fraction of sp³-hybridized carbons (Fsp3) is 0.235. The van der Waals surface area contributed by atoms with Gasteiger partial charge in [0.25, 0.3) is 0 Å². The fourth-order valence-corrected chi connectivity index (χ4v) is 2.16. The normalized spacial score (nSPS) is 10.2. The highest BCUT2D eigenvalue weighted by molar-refractivity contribution is 5.71. The van der Waals surface area contributed by atoms with Crippen LogP contribution in [0.2, 0.25) is 0 Å². The molecule has 0 aliphatic heterocycles. The first-order chi connectivity index (χ1) is 9.69. The first-order valence-electron chi connectivity index (χ1n) is 6.90. The van der Waals surface area contributed by atoms with Gasteiger partial charge in [0.2, 0.25) is 0 Å². The van der Waals surface area contributed by atoms with Crippen molar-refractivity contribution >= 4 is 6.03 Å². The molecule has 3 heteroatoms. The molecule has 20 heavy (non-hydrogen) atoms. The van der Waals surface area contributed by atoms with E-state index in [1.165, 1.54) is 23.1 Å². The number of rotatable bonds is 5. The van der Waals surface area contributed by atoms with Crippen molar-refractivity contribution in [1.29, 1.82) is 0 Å². The summed E-state index contributed by atoms with van der Waals surface area (Å²) in [5.41, 5.74) is 9.85. The average Bonchev–Trinajstić information content (AvgIpc) is 2.47. The second-order valence-electron chi connectivity index (χ2n) is 4.86. The fourth-order valence-electron chi connectivity index (χ4n) is 2.16. The van der Waals surface area contributed by atoms with Crippen LogP contribution in [0, 0.1) is 0 Å². The number of nitrogens with one attached hydrogen (secondary N) is 1. The molecule has 0 atom stereocenters. The lowest BCUT2D eigenvalue weighted by molar-refractivity contribution is 0.248. The Kier molecular flexibility index (Phi) is 4.77. The number of primary amides is 1. The molecule has 3 N–H and O–H groups in total. The molecule has 2 aromatic rings. The minimum absolute atomic E-state index is 0.463. The topological polar surface area (TPSA) is 55.1 Å². The number of hydrogen-bond donors (Lipinski definition) is 2. The molecule has 0 radical (unpaired) electrons. The van der Waals surface area contributed by atoms with E-state index < -0.39 is 6.03 Å². The third-order valence-electron chi connectivity index (χ3n) is 3.25. The van der Waals surface area contributed by atoms with Crippen molar-refractivity contribution in [3.63, 3.8) is 0 Å². The molecule has 2 aromatic carbocycles. The zero-order chi connectivity index (χ0) is 14.4. The van der Waals surface area contributed by atoms with Gasteiger partial charge in [-0.1, -0.05) is 61.9 Å². The largest absolute Gasteiger partial charge is 0.352 e. The molecule has 0 saturated carbocycles. The zero-order valence-electron chi connectivity index (χ0n) is 11.7. The van der Waals surface area contributed by atoms with Crippen LogP contribution in [0.25, 0.3) is 11.1 Å². The van der Waals surface area contributed by atoms with Crippen molar-refractivity contribution in [2.45, 2.75) is 26.3 Å². The van der Waals surface area contributed by atoms with Gasteiger partial charge in [0.05, 0.1) is 0 Å². The predicted molar refractivity (Wildman–Crippen MR) is 82.3 cm³/mol. The summed E-state index contributed by atoms with van der Waals surface area (Å²) in [6.07, 6.45) is 2.29. The van der Waals surface area contributed by atoms with Gasteiger partial charge >= 0.3 is 6.03 Å². The molecule has 2 amide bonds. The Labute approximate surface area is 119 Å². The molecular weight excluding hydrogens is 248 g/mol. The molecule has 0 aliphatic rings. The predicted octanol–water partition coefficient (Wildman–Crippen LogP) is 3.47. The van der Waals surface area contributed by atoms with Crippen molar-refractivity contribution in [2.24, 2.45) is 5.73 Å². The van der Waals surface area contributed by atoms with Crippen molar-refractivity contribution in [3.8, 4) is 11.1 Å². The standard InChI is InChI=1S/C17H20N2O/c1-2-3-13-4-8-15(9-5-13)16-10-6-14(7-11-16)12-19-17(18)20/h4-11H,2-3,12H2,1H3,(H3,18,19,20). The number of amides is 2. The number of carbonyl (C=O) groups is 1. The van der Waals surface area contributed by atoms with Crippen molar-refractivity contribution in [2.75, 3.05) is 0 Å². The highest BCUT2D eigenvalue weighted by Gasteiger charge is 2.00. The Morgan fingerprint density at radius 2 is 1.45 bits per heavy atom. The molecule has 3 nitrogen and oxygen atoms in total. The Bertz CT molecular complexity index is 559. The van der Waals surface area contributed by atoms with E-state index in [2.05, 4.69) is 48.6 Å². The lowest BCUT2D eigenvalue weighted by Gasteiger charge is -2.06. The Balaban J connectivity index is 2.07. The zero-order valence-corrected chi connectivity index (χ0v) is 11.7. The van der Waals surface area contributed by atoms with E-state index >= 15 is 0 Å². The van der Waals surface area contributed by atoms with Gasteiger partial charge in [-0.15, -0.1) is 0 Å². The van der Waals surface area contributed by atoms with E-state index in [9.17, 15) is 4.79 Å². The first kappa shape index (κ1) is 14.1. The van der Waals surface area contributed by atoms with Gasteiger partial charge in [-0.2, -0.15) is 0 Å². The van der Waals surface area contributed by atoms with E-state index in [-0.39, 0.29) is 0 Å². The van der Waals surface area contributed by atoms with Gasteiger partial charge in [-0.3, -0.25) is 0 Å². The number of carbonyl (C=O) groups excluding carboxylic acids is 1. The van der Waals surface area contributed by atoms with E-state index in [0.717, 1.165) is 12.0 Å². The van der Waals surface area contributed by atoms with Gasteiger partial charge in [0.1, 0.15) is 0 Å². The van der Waals surface area contributed by atoms with E-state index in [0.29, 0.717) is 6.54 Å². The molecule has 104 valence electrons. The quantitative estimate of drug-likeness (QED) is 0.857. The second kappa shape index (κ2) is 6.75. The van der Waals surface area contributed by atoms with Gasteiger partial charge < -0.3 is 11.1 Å². The van der Waals surface area contributed by atoms with Gasteiger partial charge in [0.15, 0.2) is 0 Å². The van der Waals surface area contributed by atoms with Crippen LogP contribution in [0.4, 0.5) is 4.79 Å². The summed E-state index contributed by atoms with van der Waals surface area (Å²) in [6, 6.07) is 16.3. The molecular formula is C17H20N2O. The average molecular weight is 268 g/mol. The summed E-state index contributed by atoms with van der Waals surface area (Å²) in [5, 5.41) is 2.58. The third kappa shape index (κ3) is 3.85. The maximum Gasteiger partial charge on any atom is 0.312 e. The van der Waals surface area contributed by atoms with E-state index in [1.54, 1.807) is 0 Å². The summed E-state index contributed by atoms with van der Waals surface area (Å²) < 4.78 is 0. The van der Waals surface area contributed by atoms with Crippen LogP contribution in [0.5, 0.6) is 0 Å². The number of aryl methyl sites for hydroxylation is 1. The van der Waals surface area contributed by atoms with Crippen molar-refractivity contribution < 1.29 is 4.79 Å². The lowest BCUT2D eigenvalue weighted by atomic mass is 10.0. The Morgan fingerprint density at radius 3 is 1.90 bits per heavy atom. The summed E-state index contributed by atoms with van der Waals surface area (Å²) in [7, 11) is 0. The molecule has 0 heterocycles. The van der Waals surface area contributed by atoms with Gasteiger partial charge in [-0.05, 0) is 28.7 Å². The Hall–Kier alpha value is -2.29. The van der Waals surface area contributed by atoms with Crippen LogP contribution >= 0.6 is 0 Å². The minimum atomic E-state index is -0.499. The van der Waals surface area contributed by atoms with Crippen LogP contribution < -0.4 is 11.1 Å². The van der Waals surface area contributed by atoms with Crippen LogP contribution in [-0.4, -0.2) is 6.03 Å². The summed E-state index contributed by atoms with van der Waals surface area (Å²) in [6.45, 7) is 2.65. The highest BCUT2D eigenvalue weighted by Crippen LogP contribution is 2.20. The second-order valence-corrected chi connectivity index (χ2v) is 4.86. The van der Waals surface area contributed by atoms with Crippen molar-refractivity contribution in [1.82, 2.24) is 5.32 Å². The van der Waals surface area contributed by atoms with Crippen LogP contribution in [-0.2, 0) is 13.0 Å². The molecule has 0 bridgehead atoms. The van der Waals surface area contributed by atoms with Crippen molar-refractivity contribution in [3.05, 3.63) is 59.7 Å². The SMILES string of the molecule is CCCc1ccc(-c2ccc(CNC(N)=O)cc2)cc1. The summed E-state index contributed by atoms with van der Waals surface area (Å²) >= 11 is 0. The molecule has 0 fully saturated rings. The monoisotopic (exact) mass is 268 g/mol. The van der Waals surface area contributed by atoms with Crippen LogP contribution in [0.15, 0.2) is 48.5 Å². The van der Waals surface area contributed by atoms with Crippen LogP contribution in [0.3, 0.4) is 0 Å².